The summed E-state index contributed by atoms with van der Waals surface area (Å²) in [6.07, 6.45) is 0. The number of carbonyl (C=O) groups is 2. The molecule has 1 heterocycles. The highest BCUT2D eigenvalue weighted by Crippen LogP contribution is 2.32. The second-order valence-corrected chi connectivity index (χ2v) is 7.43. The lowest BCUT2D eigenvalue weighted by molar-refractivity contribution is -0.384. The summed E-state index contributed by atoms with van der Waals surface area (Å²) in [6, 6.07) is 11.9. The molecule has 0 aromatic heterocycles. The van der Waals surface area contributed by atoms with E-state index in [-0.39, 0.29) is 17.9 Å². The van der Waals surface area contributed by atoms with Crippen molar-refractivity contribution in [2.24, 2.45) is 0 Å². The molecule has 2 aromatic carbocycles. The first-order valence-electron chi connectivity index (χ1n) is 9.80. The summed E-state index contributed by atoms with van der Waals surface area (Å²) in [4.78, 5) is 37.4. The van der Waals surface area contributed by atoms with Crippen LogP contribution in [0.2, 0.25) is 0 Å². The third-order valence-corrected chi connectivity index (χ3v) is 5.44. The third kappa shape index (κ3) is 4.75. The molecule has 1 aliphatic heterocycles. The number of hydrogen-bond acceptors (Lipinski definition) is 6. The molecule has 0 radical (unpaired) electrons. The maximum Gasteiger partial charge on any atom is 0.338 e. The van der Waals surface area contributed by atoms with Gasteiger partial charge in [0.05, 0.1) is 23.1 Å². The van der Waals surface area contributed by atoms with E-state index < -0.39 is 22.8 Å². The molecule has 1 amide bonds. The summed E-state index contributed by atoms with van der Waals surface area (Å²) in [6.45, 7) is 3.76. The van der Waals surface area contributed by atoms with Gasteiger partial charge in [0.25, 0.3) is 11.6 Å². The number of hydrogen-bond donors (Lipinski definition) is 2. The van der Waals surface area contributed by atoms with Crippen molar-refractivity contribution in [2.45, 2.75) is 19.9 Å². The van der Waals surface area contributed by atoms with Crippen LogP contribution < -0.4 is 10.6 Å². The van der Waals surface area contributed by atoms with Gasteiger partial charge in [-0.25, -0.2) is 4.79 Å². The fourth-order valence-electron chi connectivity index (χ4n) is 3.32. The Kier molecular flexibility index (Phi) is 6.84. The maximum absolute atomic E-state index is 12.7. The average molecular weight is 455 g/mol. The van der Waals surface area contributed by atoms with Crippen LogP contribution in [0.25, 0.3) is 0 Å². The van der Waals surface area contributed by atoms with Gasteiger partial charge in [-0.05, 0) is 49.8 Å². The van der Waals surface area contributed by atoms with Crippen LogP contribution in [-0.4, -0.2) is 40.5 Å². The van der Waals surface area contributed by atoms with Gasteiger partial charge >= 0.3 is 5.97 Å². The van der Waals surface area contributed by atoms with E-state index in [0.29, 0.717) is 27.6 Å². The van der Waals surface area contributed by atoms with Crippen molar-refractivity contribution in [2.75, 3.05) is 19.0 Å². The molecule has 2 N–H and O–H groups in total. The minimum Gasteiger partial charge on any atom is -0.463 e. The van der Waals surface area contributed by atoms with E-state index in [4.69, 9.17) is 17.0 Å². The number of ether oxygens (including phenoxy) is 1. The van der Waals surface area contributed by atoms with Crippen LogP contribution in [0, 0.1) is 10.1 Å². The van der Waals surface area contributed by atoms with Gasteiger partial charge in [-0.3, -0.25) is 14.9 Å². The Morgan fingerprint density at radius 2 is 1.97 bits per heavy atom. The number of nitro benzene ring substituents is 1. The van der Waals surface area contributed by atoms with Crippen molar-refractivity contribution >= 4 is 40.6 Å². The summed E-state index contributed by atoms with van der Waals surface area (Å²) < 4.78 is 5.24. The lowest BCUT2D eigenvalue weighted by Crippen LogP contribution is -2.46. The van der Waals surface area contributed by atoms with Gasteiger partial charge in [-0.1, -0.05) is 18.2 Å². The first-order chi connectivity index (χ1) is 15.2. The highest BCUT2D eigenvalue weighted by atomic mass is 32.1. The summed E-state index contributed by atoms with van der Waals surface area (Å²) in [5.74, 6) is -0.946. The van der Waals surface area contributed by atoms with E-state index in [1.54, 1.807) is 50.1 Å². The third-order valence-electron chi connectivity index (χ3n) is 5.05. The quantitative estimate of drug-likeness (QED) is 0.295. The van der Waals surface area contributed by atoms with E-state index >= 15 is 0 Å². The Labute approximate surface area is 190 Å². The molecule has 166 valence electrons. The molecule has 1 aliphatic rings. The highest BCUT2D eigenvalue weighted by Gasteiger charge is 2.33. The van der Waals surface area contributed by atoms with Gasteiger partial charge in [0.1, 0.15) is 0 Å². The van der Waals surface area contributed by atoms with E-state index in [2.05, 4.69) is 10.6 Å². The Morgan fingerprint density at radius 1 is 1.25 bits per heavy atom. The van der Waals surface area contributed by atoms with Crippen LogP contribution in [0.4, 0.5) is 11.4 Å². The van der Waals surface area contributed by atoms with E-state index in [9.17, 15) is 19.7 Å². The molecule has 9 nitrogen and oxygen atoms in total. The van der Waals surface area contributed by atoms with Crippen LogP contribution in [0.15, 0.2) is 59.8 Å². The van der Waals surface area contributed by atoms with Crippen molar-refractivity contribution < 1.29 is 19.2 Å². The number of nitrogens with one attached hydrogen (secondary N) is 2. The first kappa shape index (κ1) is 22.9. The van der Waals surface area contributed by atoms with Crippen molar-refractivity contribution in [3.05, 3.63) is 81.0 Å². The van der Waals surface area contributed by atoms with Crippen LogP contribution in [0.3, 0.4) is 0 Å². The number of amides is 1. The monoisotopic (exact) mass is 454 g/mol. The number of anilines is 1. The molecule has 3 rings (SSSR count). The Morgan fingerprint density at radius 3 is 2.66 bits per heavy atom. The maximum atomic E-state index is 12.7. The normalized spacial score (nSPS) is 15.8. The van der Waals surface area contributed by atoms with E-state index in [0.717, 1.165) is 0 Å². The number of esters is 1. The zero-order valence-electron chi connectivity index (χ0n) is 17.7. The van der Waals surface area contributed by atoms with E-state index in [1.165, 1.54) is 24.3 Å². The number of carbonyl (C=O) groups excluding carboxylic acids is 2. The lowest BCUT2D eigenvalue weighted by Gasteiger charge is -2.35. The Balaban J connectivity index is 1.91. The number of non-ortho nitro benzene ring substituents is 1. The first-order valence-corrected chi connectivity index (χ1v) is 10.2. The molecule has 1 atom stereocenters. The van der Waals surface area contributed by atoms with E-state index in [1.807, 2.05) is 0 Å². The number of rotatable bonds is 6. The molecule has 0 bridgehead atoms. The zero-order chi connectivity index (χ0) is 23.4. The smallest absolute Gasteiger partial charge is 0.338 e. The van der Waals surface area contributed by atoms with Gasteiger partial charge in [-0.15, -0.1) is 0 Å². The van der Waals surface area contributed by atoms with Gasteiger partial charge in [0.2, 0.25) is 0 Å². The molecule has 32 heavy (non-hydrogen) atoms. The van der Waals surface area contributed by atoms with Gasteiger partial charge in [0.15, 0.2) is 5.11 Å². The summed E-state index contributed by atoms with van der Waals surface area (Å²) in [5, 5.41) is 17.3. The molecular weight excluding hydrogens is 432 g/mol. The Hall–Kier alpha value is -3.79. The molecule has 10 heteroatoms. The van der Waals surface area contributed by atoms with Gasteiger partial charge in [-0.2, -0.15) is 0 Å². The van der Waals surface area contributed by atoms with Gasteiger partial charge in [0, 0.05) is 36.1 Å². The topological polar surface area (TPSA) is 114 Å². The van der Waals surface area contributed by atoms with Crippen molar-refractivity contribution in [3.8, 4) is 0 Å². The minimum absolute atomic E-state index is 0.158. The molecule has 0 saturated carbocycles. The standard InChI is InChI=1S/C22H22N4O5S/c1-4-31-21(28)18-13(2)25(3)22(32)24-19(18)14-7-5-9-16(11-14)23-20(27)15-8-6-10-17(12-15)26(29)30/h5-12,19H,4H2,1-3H3,(H,23,27)(H,24,32)/t19-/m0/s1. The second-order valence-electron chi connectivity index (χ2n) is 7.05. The van der Waals surface area contributed by atoms with Crippen LogP contribution in [-0.2, 0) is 9.53 Å². The highest BCUT2D eigenvalue weighted by molar-refractivity contribution is 7.80. The van der Waals surface area contributed by atoms with Crippen LogP contribution in [0.1, 0.15) is 35.8 Å². The average Bonchev–Trinajstić information content (AvgIpc) is 2.77. The number of allylic oxidation sites excluding steroid dienone is 1. The fourth-order valence-corrected chi connectivity index (χ4v) is 3.57. The molecule has 0 aliphatic carbocycles. The molecule has 0 fully saturated rings. The molecule has 2 aromatic rings. The predicted octanol–water partition coefficient (Wildman–Crippen LogP) is 3.55. The summed E-state index contributed by atoms with van der Waals surface area (Å²) >= 11 is 5.39. The van der Waals surface area contributed by atoms with Crippen molar-refractivity contribution in [1.29, 1.82) is 0 Å². The lowest BCUT2D eigenvalue weighted by atomic mass is 9.95. The largest absolute Gasteiger partial charge is 0.463 e. The second kappa shape index (κ2) is 9.56. The molecule has 0 unspecified atom stereocenters. The van der Waals surface area contributed by atoms with Crippen molar-refractivity contribution in [3.63, 3.8) is 0 Å². The SMILES string of the molecule is CCOC(=O)C1=C(C)N(C)C(=S)N[C@H]1c1cccc(NC(=O)c2cccc([N+](=O)[O-])c2)c1. The number of nitro groups is 1. The van der Waals surface area contributed by atoms with Crippen LogP contribution >= 0.6 is 12.2 Å². The molecular formula is C22H22N4O5S. The Bertz CT molecular complexity index is 1130. The van der Waals surface area contributed by atoms with Crippen LogP contribution in [0.5, 0.6) is 0 Å². The van der Waals surface area contributed by atoms with Crippen molar-refractivity contribution in [1.82, 2.24) is 10.2 Å². The molecule has 0 spiro atoms. The number of nitrogens with zero attached hydrogens (tertiary/aromatic N) is 2. The number of thiocarbonyl (C=S) groups is 1. The summed E-state index contributed by atoms with van der Waals surface area (Å²) in [5.41, 5.74) is 2.24. The predicted molar refractivity (Wildman–Crippen MR) is 123 cm³/mol. The zero-order valence-corrected chi connectivity index (χ0v) is 18.6. The minimum atomic E-state index is -0.563. The van der Waals surface area contributed by atoms with Gasteiger partial charge < -0.3 is 20.3 Å². The fraction of sp³-hybridized carbons (Fsp3) is 0.227. The molecule has 0 saturated heterocycles. The number of benzene rings is 2. The summed E-state index contributed by atoms with van der Waals surface area (Å²) in [7, 11) is 1.76.